The lowest BCUT2D eigenvalue weighted by Crippen LogP contribution is -2.46. The Labute approximate surface area is 397 Å². The number of rotatable bonds is 49. The van der Waals surface area contributed by atoms with Crippen LogP contribution in [0.25, 0.3) is 0 Å². The van der Waals surface area contributed by atoms with Crippen molar-refractivity contribution in [2.45, 2.75) is 289 Å². The molecule has 1 amide bonds. The van der Waals surface area contributed by atoms with Crippen molar-refractivity contribution in [1.29, 1.82) is 0 Å². The van der Waals surface area contributed by atoms with Crippen molar-refractivity contribution in [1.82, 2.24) is 5.32 Å². The Kier molecular flexibility index (Phi) is 49.6. The SMILES string of the molecule is CC/C=C\C/C=C\C/C=C\C/C=C\C/C=C\CCCC(=O)OC(CCCCCCCCCCCCCCC)CC(=O)NC(CO)C(O)CCCCCCCCCCCCCCCCC. The first-order valence-electron chi connectivity index (χ1n) is 27.5. The number of amides is 1. The van der Waals surface area contributed by atoms with Gasteiger partial charge in [-0.15, -0.1) is 0 Å². The summed E-state index contributed by atoms with van der Waals surface area (Å²) in [5, 5.41) is 23.8. The zero-order valence-electron chi connectivity index (χ0n) is 42.4. The van der Waals surface area contributed by atoms with Gasteiger partial charge in [0.05, 0.1) is 25.2 Å². The van der Waals surface area contributed by atoms with Crippen LogP contribution in [0.1, 0.15) is 271 Å². The van der Waals surface area contributed by atoms with Gasteiger partial charge >= 0.3 is 5.97 Å². The van der Waals surface area contributed by atoms with Gasteiger partial charge in [-0.2, -0.15) is 0 Å². The summed E-state index contributed by atoms with van der Waals surface area (Å²) < 4.78 is 5.92. The molecule has 6 nitrogen and oxygen atoms in total. The Balaban J connectivity index is 4.62. The van der Waals surface area contributed by atoms with Crippen molar-refractivity contribution in [3.05, 3.63) is 60.8 Å². The summed E-state index contributed by atoms with van der Waals surface area (Å²) in [6.07, 6.45) is 64.3. The van der Waals surface area contributed by atoms with Gasteiger partial charge in [-0.3, -0.25) is 9.59 Å². The van der Waals surface area contributed by atoms with E-state index in [4.69, 9.17) is 4.74 Å². The van der Waals surface area contributed by atoms with Crippen molar-refractivity contribution >= 4 is 11.9 Å². The van der Waals surface area contributed by atoms with E-state index in [-0.39, 0.29) is 24.9 Å². The molecule has 0 fully saturated rings. The van der Waals surface area contributed by atoms with E-state index in [1.807, 2.05) is 0 Å². The second kappa shape index (κ2) is 51.5. The molecule has 0 aromatic rings. The predicted molar refractivity (Wildman–Crippen MR) is 278 cm³/mol. The fourth-order valence-corrected chi connectivity index (χ4v) is 8.23. The van der Waals surface area contributed by atoms with Crippen molar-refractivity contribution < 1.29 is 24.5 Å². The summed E-state index contributed by atoms with van der Waals surface area (Å²) >= 11 is 0. The van der Waals surface area contributed by atoms with Crippen LogP contribution in [0.3, 0.4) is 0 Å². The van der Waals surface area contributed by atoms with E-state index in [0.29, 0.717) is 25.7 Å². The zero-order valence-corrected chi connectivity index (χ0v) is 42.4. The van der Waals surface area contributed by atoms with Crippen molar-refractivity contribution in [2.24, 2.45) is 0 Å². The molecule has 0 aliphatic heterocycles. The number of unbranched alkanes of at least 4 members (excludes halogenated alkanes) is 27. The molecule has 0 aliphatic rings. The third kappa shape index (κ3) is 46.1. The van der Waals surface area contributed by atoms with E-state index in [9.17, 15) is 19.8 Å². The fraction of sp³-hybridized carbons (Fsp3) is 0.793. The van der Waals surface area contributed by atoms with E-state index in [1.54, 1.807) is 0 Å². The number of aliphatic hydroxyl groups is 2. The number of nitrogens with one attached hydrogen (secondary N) is 1. The van der Waals surface area contributed by atoms with E-state index in [0.717, 1.165) is 77.0 Å². The standard InChI is InChI=1S/C58H105NO5/c1-4-7-10-13-16-19-22-25-27-28-30-33-36-39-42-45-48-51-58(63)64-54(49-46-43-40-37-34-31-24-21-18-15-12-9-6-3)52-57(62)59-55(53-60)56(61)50-47-44-41-38-35-32-29-26-23-20-17-14-11-8-5-2/h7,10,16,19,25,27,30,33,39,42,54-56,60-61H,4-6,8-9,11-15,17-18,20-24,26,28-29,31-32,34-38,40-41,43-53H2,1-3H3,(H,59,62)/b10-7-,19-16-,27-25-,33-30-,42-39-. The third-order valence-electron chi connectivity index (χ3n) is 12.4. The van der Waals surface area contributed by atoms with Crippen LogP contribution in [0, 0.1) is 0 Å². The van der Waals surface area contributed by atoms with E-state index < -0.39 is 18.2 Å². The average Bonchev–Trinajstić information content (AvgIpc) is 3.29. The molecular weight excluding hydrogens is 791 g/mol. The molecule has 372 valence electrons. The molecule has 0 bridgehead atoms. The van der Waals surface area contributed by atoms with Gasteiger partial charge in [0.25, 0.3) is 0 Å². The van der Waals surface area contributed by atoms with Crippen LogP contribution in [0.2, 0.25) is 0 Å². The molecule has 0 saturated heterocycles. The highest BCUT2D eigenvalue weighted by Gasteiger charge is 2.24. The highest BCUT2D eigenvalue weighted by molar-refractivity contribution is 5.77. The van der Waals surface area contributed by atoms with Gasteiger partial charge in [0.1, 0.15) is 6.10 Å². The van der Waals surface area contributed by atoms with Crippen molar-refractivity contribution in [3.8, 4) is 0 Å². The molecule has 3 N–H and O–H groups in total. The van der Waals surface area contributed by atoms with Crippen molar-refractivity contribution in [3.63, 3.8) is 0 Å². The lowest BCUT2D eigenvalue weighted by atomic mass is 10.0. The monoisotopic (exact) mass is 896 g/mol. The zero-order chi connectivity index (χ0) is 46.7. The number of hydrogen-bond acceptors (Lipinski definition) is 5. The number of ether oxygens (including phenoxy) is 1. The van der Waals surface area contributed by atoms with Crippen LogP contribution in [0.5, 0.6) is 0 Å². The van der Waals surface area contributed by atoms with E-state index in [1.165, 1.54) is 141 Å². The quantitative estimate of drug-likeness (QED) is 0.0321. The number of carbonyl (C=O) groups excluding carboxylic acids is 2. The topological polar surface area (TPSA) is 95.9 Å². The molecule has 0 aromatic heterocycles. The molecule has 0 aromatic carbocycles. The molecule has 0 aliphatic carbocycles. The average molecular weight is 896 g/mol. The molecule has 0 radical (unpaired) electrons. The molecular formula is C58H105NO5. The number of allylic oxidation sites excluding steroid dienone is 10. The molecule has 3 atom stereocenters. The number of carbonyl (C=O) groups is 2. The smallest absolute Gasteiger partial charge is 0.306 e. The van der Waals surface area contributed by atoms with Crippen LogP contribution in [-0.2, 0) is 14.3 Å². The largest absolute Gasteiger partial charge is 0.462 e. The van der Waals surface area contributed by atoms with Gasteiger partial charge in [-0.1, -0.05) is 255 Å². The van der Waals surface area contributed by atoms with Crippen molar-refractivity contribution in [2.75, 3.05) is 6.61 Å². The van der Waals surface area contributed by atoms with Gasteiger partial charge < -0.3 is 20.3 Å². The van der Waals surface area contributed by atoms with E-state index in [2.05, 4.69) is 86.8 Å². The lowest BCUT2D eigenvalue weighted by molar-refractivity contribution is -0.151. The van der Waals surface area contributed by atoms with Gasteiger partial charge in [-0.25, -0.2) is 0 Å². The molecule has 3 unspecified atom stereocenters. The van der Waals surface area contributed by atoms with Crippen LogP contribution in [0.4, 0.5) is 0 Å². The van der Waals surface area contributed by atoms with E-state index >= 15 is 0 Å². The van der Waals surface area contributed by atoms with Crippen LogP contribution >= 0.6 is 0 Å². The molecule has 0 heterocycles. The molecule has 64 heavy (non-hydrogen) atoms. The highest BCUT2D eigenvalue weighted by atomic mass is 16.5. The number of aliphatic hydroxyl groups excluding tert-OH is 2. The summed E-state index contributed by atoms with van der Waals surface area (Å²) in [5.41, 5.74) is 0. The van der Waals surface area contributed by atoms with Gasteiger partial charge in [0.2, 0.25) is 5.91 Å². The second-order valence-corrected chi connectivity index (χ2v) is 18.6. The highest BCUT2D eigenvalue weighted by Crippen LogP contribution is 2.18. The Morgan fingerprint density at radius 3 is 1.22 bits per heavy atom. The van der Waals surface area contributed by atoms with Gasteiger partial charge in [-0.05, 0) is 64.2 Å². The first-order chi connectivity index (χ1) is 31.5. The normalized spacial score (nSPS) is 13.6. The van der Waals surface area contributed by atoms with Gasteiger partial charge in [0.15, 0.2) is 0 Å². The molecule has 6 heteroatoms. The fourth-order valence-electron chi connectivity index (χ4n) is 8.23. The maximum absolute atomic E-state index is 13.2. The van der Waals surface area contributed by atoms with Crippen LogP contribution in [-0.4, -0.2) is 46.9 Å². The Morgan fingerprint density at radius 1 is 0.469 bits per heavy atom. The minimum Gasteiger partial charge on any atom is -0.462 e. The maximum Gasteiger partial charge on any atom is 0.306 e. The lowest BCUT2D eigenvalue weighted by Gasteiger charge is -2.24. The summed E-state index contributed by atoms with van der Waals surface area (Å²) in [6, 6.07) is -0.713. The first-order valence-corrected chi connectivity index (χ1v) is 27.5. The van der Waals surface area contributed by atoms with Crippen LogP contribution in [0.15, 0.2) is 60.8 Å². The molecule has 0 rings (SSSR count). The second-order valence-electron chi connectivity index (χ2n) is 18.6. The summed E-state index contributed by atoms with van der Waals surface area (Å²) in [7, 11) is 0. The molecule has 0 saturated carbocycles. The minimum absolute atomic E-state index is 0.0565. The Hall–Kier alpha value is -2.44. The Bertz CT molecular complexity index is 1140. The summed E-state index contributed by atoms with van der Waals surface area (Å²) in [6.45, 7) is 6.38. The predicted octanol–water partition coefficient (Wildman–Crippen LogP) is 16.8. The van der Waals surface area contributed by atoms with Crippen LogP contribution < -0.4 is 5.32 Å². The third-order valence-corrected chi connectivity index (χ3v) is 12.4. The summed E-state index contributed by atoms with van der Waals surface area (Å²) in [5.74, 6) is -0.535. The molecule has 0 spiro atoms. The minimum atomic E-state index is -0.797. The summed E-state index contributed by atoms with van der Waals surface area (Å²) in [4.78, 5) is 26.2. The maximum atomic E-state index is 13.2. The number of esters is 1. The Morgan fingerprint density at radius 2 is 0.828 bits per heavy atom. The van der Waals surface area contributed by atoms with Gasteiger partial charge in [0, 0.05) is 6.42 Å². The number of hydrogen-bond donors (Lipinski definition) is 3. The first kappa shape index (κ1) is 61.6.